The Morgan fingerprint density at radius 2 is 2.12 bits per heavy atom. The summed E-state index contributed by atoms with van der Waals surface area (Å²) in [5, 5.41) is 22.9. The van der Waals surface area contributed by atoms with Gasteiger partial charge in [-0.15, -0.1) is 0 Å². The van der Waals surface area contributed by atoms with Gasteiger partial charge in [-0.1, -0.05) is 23.3 Å². The van der Waals surface area contributed by atoms with Gasteiger partial charge < -0.3 is 15.6 Å². The summed E-state index contributed by atoms with van der Waals surface area (Å²) in [6.07, 6.45) is -1.89. The number of azide groups is 1. The minimum Gasteiger partial charge on any atom is -0.390 e. The Hall–Kier alpha value is -1.79. The number of rotatable bonds is 6. The third-order valence-electron chi connectivity index (χ3n) is 2.39. The van der Waals surface area contributed by atoms with Crippen molar-refractivity contribution in [2.45, 2.75) is 18.6 Å². The Labute approximate surface area is 98.5 Å². The quantitative estimate of drug-likeness (QED) is 0.194. The number of nitrogens with two attached hydrogens (primary N) is 1. The number of nitrogen functional groups attached to an aromatic ring is 1. The van der Waals surface area contributed by atoms with Crippen LogP contribution >= 0.6 is 0 Å². The van der Waals surface area contributed by atoms with Crippen molar-refractivity contribution in [3.8, 4) is 0 Å². The molecule has 5 N–H and O–H groups in total. The molecule has 1 aromatic carbocycles. The summed E-state index contributed by atoms with van der Waals surface area (Å²) in [6, 6.07) is 6.85. The van der Waals surface area contributed by atoms with Crippen LogP contribution in [0.4, 0.5) is 5.69 Å². The number of nitrogens with zero attached hydrogens (tertiary/aromatic N) is 3. The number of aliphatic hydroxyl groups is 2. The van der Waals surface area contributed by atoms with Crippen molar-refractivity contribution in [2.24, 2.45) is 11.0 Å². The number of benzene rings is 1. The molecule has 0 aliphatic carbocycles. The highest BCUT2D eigenvalue weighted by Crippen LogP contribution is 2.25. The molecule has 0 saturated heterocycles. The molecule has 0 saturated carbocycles. The predicted molar refractivity (Wildman–Crippen MR) is 63.8 cm³/mol. The molecular weight excluding hydrogens is 222 g/mol. The summed E-state index contributed by atoms with van der Waals surface area (Å²) < 4.78 is 0. The van der Waals surface area contributed by atoms with Crippen LogP contribution in [0.2, 0.25) is 0 Å². The van der Waals surface area contributed by atoms with Gasteiger partial charge in [-0.2, -0.15) is 0 Å². The molecule has 17 heavy (non-hydrogen) atoms. The third-order valence-corrected chi connectivity index (χ3v) is 2.39. The van der Waals surface area contributed by atoms with Crippen molar-refractivity contribution < 1.29 is 10.2 Å². The van der Waals surface area contributed by atoms with Gasteiger partial charge in [0.1, 0.15) is 6.10 Å². The van der Waals surface area contributed by atoms with Crippen LogP contribution in [-0.2, 0) is 0 Å². The van der Waals surface area contributed by atoms with Gasteiger partial charge in [0.2, 0.25) is 0 Å². The second-order valence-corrected chi connectivity index (χ2v) is 3.49. The first-order valence-electron chi connectivity index (χ1n) is 5.13. The number of anilines is 1. The lowest BCUT2D eigenvalue weighted by atomic mass is 10.0. The average molecular weight is 237 g/mol. The fourth-order valence-electron chi connectivity index (χ4n) is 1.49. The maximum atomic E-state index is 9.92. The van der Waals surface area contributed by atoms with Crippen molar-refractivity contribution >= 4 is 5.69 Å². The number of hydrazine groups is 1. The fraction of sp³-hybridized carbons (Fsp3) is 0.400. The van der Waals surface area contributed by atoms with Gasteiger partial charge >= 0.3 is 0 Å². The van der Waals surface area contributed by atoms with Crippen LogP contribution in [0.1, 0.15) is 18.1 Å². The molecule has 7 nitrogen and oxygen atoms in total. The molecule has 1 aromatic rings. The lowest BCUT2D eigenvalue weighted by molar-refractivity contribution is 0.0154. The zero-order chi connectivity index (χ0) is 12.7. The molecule has 0 radical (unpaired) electrons. The van der Waals surface area contributed by atoms with Gasteiger partial charge in [-0.05, 0) is 18.0 Å². The number of para-hydroxylation sites is 1. The summed E-state index contributed by atoms with van der Waals surface area (Å²) >= 11 is 0. The Morgan fingerprint density at radius 1 is 1.41 bits per heavy atom. The smallest absolute Gasteiger partial charge is 0.107 e. The number of aliphatic hydroxyl groups excluding tert-OH is 2. The first-order chi connectivity index (χ1) is 8.20. The molecule has 1 rings (SSSR count). The maximum absolute atomic E-state index is 9.92. The van der Waals surface area contributed by atoms with E-state index in [2.05, 4.69) is 15.5 Å². The molecule has 2 atom stereocenters. The number of hydrogen-bond acceptors (Lipinski definition) is 5. The second-order valence-electron chi connectivity index (χ2n) is 3.49. The molecule has 0 spiro atoms. The molecule has 2 unspecified atom stereocenters. The van der Waals surface area contributed by atoms with Crippen LogP contribution in [0.5, 0.6) is 0 Å². The van der Waals surface area contributed by atoms with E-state index in [4.69, 9.17) is 11.4 Å². The molecular formula is C10H15N5O2. The van der Waals surface area contributed by atoms with Crippen LogP contribution in [-0.4, -0.2) is 22.9 Å². The van der Waals surface area contributed by atoms with Gasteiger partial charge in [-0.3, -0.25) is 5.84 Å². The van der Waals surface area contributed by atoms with Crippen LogP contribution in [0.3, 0.4) is 0 Å². The molecule has 0 fully saturated rings. The highest BCUT2D eigenvalue weighted by Gasteiger charge is 2.20. The summed E-state index contributed by atoms with van der Waals surface area (Å²) in [7, 11) is 0. The Kier molecular flexibility index (Phi) is 5.25. The van der Waals surface area contributed by atoms with E-state index < -0.39 is 12.2 Å². The van der Waals surface area contributed by atoms with Gasteiger partial charge in [0.05, 0.1) is 11.8 Å². The van der Waals surface area contributed by atoms with Gasteiger partial charge in [0.15, 0.2) is 0 Å². The van der Waals surface area contributed by atoms with Crippen molar-refractivity contribution in [2.75, 3.05) is 12.0 Å². The van der Waals surface area contributed by atoms with E-state index in [1.54, 1.807) is 24.3 Å². The van der Waals surface area contributed by atoms with Crippen LogP contribution in [0.25, 0.3) is 10.4 Å². The molecule has 0 aliphatic heterocycles. The minimum absolute atomic E-state index is 0.132. The Balaban J connectivity index is 2.73. The fourth-order valence-corrected chi connectivity index (χ4v) is 1.49. The number of nitrogens with one attached hydrogen (secondary N) is 1. The van der Waals surface area contributed by atoms with Crippen molar-refractivity contribution in [3.63, 3.8) is 0 Å². The van der Waals surface area contributed by atoms with Crippen molar-refractivity contribution in [3.05, 3.63) is 40.3 Å². The molecule has 0 bridgehead atoms. The van der Waals surface area contributed by atoms with Crippen molar-refractivity contribution in [1.29, 1.82) is 0 Å². The van der Waals surface area contributed by atoms with E-state index in [0.29, 0.717) is 11.3 Å². The zero-order valence-corrected chi connectivity index (χ0v) is 9.19. The van der Waals surface area contributed by atoms with Gasteiger partial charge in [-0.25, -0.2) is 0 Å². The van der Waals surface area contributed by atoms with E-state index in [1.807, 2.05) is 0 Å². The molecule has 7 heteroatoms. The summed E-state index contributed by atoms with van der Waals surface area (Å²) in [6.45, 7) is 0.132. The Bertz CT molecular complexity index is 405. The molecule has 0 amide bonds. The van der Waals surface area contributed by atoms with Crippen LogP contribution in [0.15, 0.2) is 29.4 Å². The minimum atomic E-state index is -1.07. The zero-order valence-electron chi connectivity index (χ0n) is 9.19. The monoisotopic (exact) mass is 237 g/mol. The molecule has 0 aliphatic rings. The van der Waals surface area contributed by atoms with E-state index in [1.165, 1.54) is 0 Å². The predicted octanol–water partition coefficient (Wildman–Crippen LogP) is 1.07. The maximum Gasteiger partial charge on any atom is 0.107 e. The van der Waals surface area contributed by atoms with E-state index >= 15 is 0 Å². The highest BCUT2D eigenvalue weighted by atomic mass is 16.3. The van der Waals surface area contributed by atoms with Crippen molar-refractivity contribution in [1.82, 2.24) is 0 Å². The summed E-state index contributed by atoms with van der Waals surface area (Å²) in [5.41, 5.74) is 11.6. The van der Waals surface area contributed by atoms with E-state index in [9.17, 15) is 10.2 Å². The molecule has 0 aromatic heterocycles. The van der Waals surface area contributed by atoms with Gasteiger partial charge in [0.25, 0.3) is 0 Å². The van der Waals surface area contributed by atoms with Crippen LogP contribution < -0.4 is 11.3 Å². The standard InChI is InChI=1S/C10H15N5O2/c11-14-8-4-2-1-3-7(8)10(17)9(16)5-6-13-15-12/h1-4,9-10,14,16-17H,5-6,11H2. The van der Waals surface area contributed by atoms with Gasteiger partial charge in [0, 0.05) is 17.0 Å². The lowest BCUT2D eigenvalue weighted by Gasteiger charge is -2.19. The summed E-state index contributed by atoms with van der Waals surface area (Å²) in [5.74, 6) is 5.30. The first-order valence-corrected chi connectivity index (χ1v) is 5.13. The van der Waals surface area contributed by atoms with Crippen LogP contribution in [0, 0.1) is 0 Å². The normalized spacial score (nSPS) is 13.6. The SMILES string of the molecule is [N-]=[N+]=NCCC(O)C(O)c1ccccc1NN. The van der Waals surface area contributed by atoms with E-state index in [-0.39, 0.29) is 13.0 Å². The molecule has 92 valence electrons. The number of hydrogen-bond donors (Lipinski definition) is 4. The molecule has 0 heterocycles. The second kappa shape index (κ2) is 6.72. The topological polar surface area (TPSA) is 127 Å². The Morgan fingerprint density at radius 3 is 2.76 bits per heavy atom. The lowest BCUT2D eigenvalue weighted by Crippen LogP contribution is -2.21. The largest absolute Gasteiger partial charge is 0.390 e. The third kappa shape index (κ3) is 3.61. The van der Waals surface area contributed by atoms with E-state index in [0.717, 1.165) is 0 Å². The first kappa shape index (κ1) is 13.3. The highest BCUT2D eigenvalue weighted by molar-refractivity contribution is 5.51. The average Bonchev–Trinajstić information content (AvgIpc) is 2.38. The summed E-state index contributed by atoms with van der Waals surface area (Å²) in [4.78, 5) is 2.57.